The smallest absolute Gasteiger partial charge is 0.306 e. The average molecular weight is 974 g/mol. The Hall–Kier alpha value is -3.67. The third-order valence-corrected chi connectivity index (χ3v) is 12.3. The fourth-order valence-corrected chi connectivity index (χ4v) is 7.92. The summed E-state index contributed by atoms with van der Waals surface area (Å²) in [6.07, 6.45) is 76.8. The Morgan fingerprint density at radius 2 is 0.600 bits per heavy atom. The quantitative estimate of drug-likeness (QED) is 0.0199. The van der Waals surface area contributed by atoms with E-state index < -0.39 is 6.10 Å². The summed E-state index contributed by atoms with van der Waals surface area (Å²) in [4.78, 5) is 38.2. The Morgan fingerprint density at radius 1 is 0.314 bits per heavy atom. The lowest BCUT2D eigenvalue weighted by molar-refractivity contribution is -0.167. The van der Waals surface area contributed by atoms with Crippen LogP contribution in [-0.4, -0.2) is 37.2 Å². The largest absolute Gasteiger partial charge is 0.462 e. The first-order valence-corrected chi connectivity index (χ1v) is 29.3. The lowest BCUT2D eigenvalue weighted by Crippen LogP contribution is -2.30. The van der Waals surface area contributed by atoms with Crippen molar-refractivity contribution in [1.29, 1.82) is 0 Å². The van der Waals surface area contributed by atoms with Gasteiger partial charge in [0, 0.05) is 19.3 Å². The van der Waals surface area contributed by atoms with Crippen molar-refractivity contribution < 1.29 is 28.6 Å². The molecule has 1 atom stereocenters. The van der Waals surface area contributed by atoms with Crippen molar-refractivity contribution >= 4 is 17.9 Å². The Bertz CT molecular complexity index is 1400. The van der Waals surface area contributed by atoms with Crippen LogP contribution in [0, 0.1) is 0 Å². The molecule has 6 nitrogen and oxygen atoms in total. The van der Waals surface area contributed by atoms with Gasteiger partial charge in [-0.15, -0.1) is 0 Å². The van der Waals surface area contributed by atoms with Gasteiger partial charge in [0.2, 0.25) is 0 Å². The number of carbonyl (C=O) groups excluding carboxylic acids is 3. The molecule has 0 amide bonds. The summed E-state index contributed by atoms with van der Waals surface area (Å²) in [6, 6.07) is 0. The SMILES string of the molecule is CC/C=C\C/C=C\C/C=C\C/C=C\C/C=C\CCCCCC(=O)OCC(COC(=O)CCCCCCCCC/C=C\CCCCCC)OC(=O)CCCCCCC/C=C\C=C/CCCCCCCCC. The zero-order chi connectivity index (χ0) is 50.7. The Morgan fingerprint density at radius 3 is 1.00 bits per heavy atom. The van der Waals surface area contributed by atoms with Crippen molar-refractivity contribution in [3.63, 3.8) is 0 Å². The minimum Gasteiger partial charge on any atom is -0.462 e. The summed E-state index contributed by atoms with van der Waals surface area (Å²) in [5.74, 6) is -0.946. The first-order chi connectivity index (χ1) is 34.5. The van der Waals surface area contributed by atoms with Crippen LogP contribution in [0.4, 0.5) is 0 Å². The third-order valence-electron chi connectivity index (χ3n) is 12.3. The van der Waals surface area contributed by atoms with Gasteiger partial charge in [-0.25, -0.2) is 0 Å². The average Bonchev–Trinajstić information content (AvgIpc) is 3.36. The van der Waals surface area contributed by atoms with Crippen LogP contribution in [0.25, 0.3) is 0 Å². The first-order valence-electron chi connectivity index (χ1n) is 29.3. The molecule has 1 unspecified atom stereocenters. The molecule has 0 aromatic carbocycles. The zero-order valence-corrected chi connectivity index (χ0v) is 45.8. The highest BCUT2D eigenvalue weighted by Gasteiger charge is 2.19. The molecule has 0 heterocycles. The molecular formula is C64H108O6. The van der Waals surface area contributed by atoms with E-state index in [1.165, 1.54) is 116 Å². The number of carbonyl (C=O) groups is 3. The topological polar surface area (TPSA) is 78.9 Å². The fourth-order valence-electron chi connectivity index (χ4n) is 7.92. The number of unbranched alkanes of at least 4 members (excludes halogenated alkanes) is 26. The summed E-state index contributed by atoms with van der Waals surface area (Å²) in [5.41, 5.74) is 0. The molecule has 0 radical (unpaired) electrons. The highest BCUT2D eigenvalue weighted by Crippen LogP contribution is 2.14. The van der Waals surface area contributed by atoms with Crippen LogP contribution in [0.5, 0.6) is 0 Å². The number of hydrogen-bond acceptors (Lipinski definition) is 6. The fraction of sp³-hybridized carbons (Fsp3) is 0.703. The van der Waals surface area contributed by atoms with Gasteiger partial charge in [-0.2, -0.15) is 0 Å². The molecular weight excluding hydrogens is 865 g/mol. The highest BCUT2D eigenvalue weighted by atomic mass is 16.6. The minimum absolute atomic E-state index is 0.0971. The standard InChI is InChI=1S/C64H108O6/c1-4-7-10-13-16-19-22-25-28-30-32-34-36-39-42-45-48-51-54-57-63(66)69-60-61(59-68-62(65)56-53-50-47-44-41-38-35-27-24-21-18-15-12-9-6-3)70-64(67)58-55-52-49-46-43-40-37-33-31-29-26-23-20-17-14-11-8-5-2/h7,10,16,19,21,24-25,28-29,31-34,37,39,42,61H,4-6,8-9,11-15,17-18,20,22-23,26-27,30,35-36,38,40-41,43-60H2,1-3H3/b10-7-,19-16-,24-21-,28-25-,31-29-,34-32-,37-33-,42-39-. The monoisotopic (exact) mass is 973 g/mol. The molecule has 400 valence electrons. The molecule has 70 heavy (non-hydrogen) atoms. The first kappa shape index (κ1) is 66.3. The highest BCUT2D eigenvalue weighted by molar-refractivity contribution is 5.71. The maximum absolute atomic E-state index is 12.9. The maximum Gasteiger partial charge on any atom is 0.306 e. The van der Waals surface area contributed by atoms with Gasteiger partial charge < -0.3 is 14.2 Å². The second-order valence-electron chi connectivity index (χ2n) is 19.2. The van der Waals surface area contributed by atoms with Crippen LogP contribution in [-0.2, 0) is 28.6 Å². The van der Waals surface area contributed by atoms with Crippen LogP contribution in [0.2, 0.25) is 0 Å². The van der Waals surface area contributed by atoms with Crippen LogP contribution in [0.15, 0.2) is 97.2 Å². The summed E-state index contributed by atoms with van der Waals surface area (Å²) in [7, 11) is 0. The van der Waals surface area contributed by atoms with Crippen LogP contribution in [0.1, 0.15) is 271 Å². The van der Waals surface area contributed by atoms with Gasteiger partial charge in [0.1, 0.15) is 13.2 Å². The van der Waals surface area contributed by atoms with E-state index in [0.29, 0.717) is 19.3 Å². The van der Waals surface area contributed by atoms with Crippen molar-refractivity contribution in [2.45, 2.75) is 277 Å². The number of ether oxygens (including phenoxy) is 3. The van der Waals surface area contributed by atoms with Crippen molar-refractivity contribution in [1.82, 2.24) is 0 Å². The molecule has 0 aliphatic heterocycles. The maximum atomic E-state index is 12.9. The Labute approximate surface area is 432 Å². The van der Waals surface area contributed by atoms with Crippen LogP contribution in [0.3, 0.4) is 0 Å². The molecule has 0 aromatic rings. The Balaban J connectivity index is 4.49. The van der Waals surface area contributed by atoms with Gasteiger partial charge in [-0.05, 0) is 116 Å². The van der Waals surface area contributed by atoms with Gasteiger partial charge >= 0.3 is 17.9 Å². The lowest BCUT2D eigenvalue weighted by Gasteiger charge is -2.18. The predicted octanol–water partition coefficient (Wildman–Crippen LogP) is 19.7. The summed E-state index contributed by atoms with van der Waals surface area (Å²) in [5, 5.41) is 0. The molecule has 0 aliphatic rings. The second kappa shape index (κ2) is 57.9. The van der Waals surface area contributed by atoms with Crippen molar-refractivity contribution in [3.05, 3.63) is 97.2 Å². The minimum atomic E-state index is -0.803. The van der Waals surface area contributed by atoms with Crippen molar-refractivity contribution in [3.8, 4) is 0 Å². The Kier molecular flexibility index (Phi) is 54.9. The van der Waals surface area contributed by atoms with E-state index in [0.717, 1.165) is 116 Å². The van der Waals surface area contributed by atoms with Gasteiger partial charge in [0.05, 0.1) is 0 Å². The third kappa shape index (κ3) is 55.3. The van der Waals surface area contributed by atoms with Crippen LogP contribution < -0.4 is 0 Å². The molecule has 0 aliphatic carbocycles. The van der Waals surface area contributed by atoms with Gasteiger partial charge in [-0.3, -0.25) is 14.4 Å². The van der Waals surface area contributed by atoms with Gasteiger partial charge in [0.15, 0.2) is 6.10 Å². The van der Waals surface area contributed by atoms with E-state index in [1.807, 2.05) is 0 Å². The lowest BCUT2D eigenvalue weighted by atomic mass is 10.1. The van der Waals surface area contributed by atoms with E-state index in [1.54, 1.807) is 0 Å². The van der Waals surface area contributed by atoms with E-state index in [-0.39, 0.29) is 31.1 Å². The van der Waals surface area contributed by atoms with Crippen LogP contribution >= 0.6 is 0 Å². The molecule has 0 aromatic heterocycles. The molecule has 0 rings (SSSR count). The normalized spacial score (nSPS) is 12.8. The van der Waals surface area contributed by atoms with Gasteiger partial charge in [0.25, 0.3) is 0 Å². The number of esters is 3. The predicted molar refractivity (Wildman–Crippen MR) is 302 cm³/mol. The number of rotatable bonds is 52. The molecule has 0 saturated carbocycles. The summed E-state index contributed by atoms with van der Waals surface area (Å²) < 4.78 is 16.8. The van der Waals surface area contributed by atoms with E-state index in [9.17, 15) is 14.4 Å². The number of hydrogen-bond donors (Lipinski definition) is 0. The number of allylic oxidation sites excluding steroid dienone is 16. The van der Waals surface area contributed by atoms with E-state index in [4.69, 9.17) is 14.2 Å². The zero-order valence-electron chi connectivity index (χ0n) is 45.8. The molecule has 6 heteroatoms. The summed E-state index contributed by atoms with van der Waals surface area (Å²) >= 11 is 0. The van der Waals surface area contributed by atoms with Crippen molar-refractivity contribution in [2.24, 2.45) is 0 Å². The van der Waals surface area contributed by atoms with Crippen molar-refractivity contribution in [2.75, 3.05) is 13.2 Å². The molecule has 0 spiro atoms. The van der Waals surface area contributed by atoms with Gasteiger partial charge in [-0.1, -0.05) is 234 Å². The molecule has 0 bridgehead atoms. The second-order valence-corrected chi connectivity index (χ2v) is 19.2. The van der Waals surface area contributed by atoms with E-state index >= 15 is 0 Å². The molecule has 0 saturated heterocycles. The molecule has 0 fully saturated rings. The molecule has 0 N–H and O–H groups in total. The van der Waals surface area contributed by atoms with E-state index in [2.05, 4.69) is 118 Å². The summed E-state index contributed by atoms with van der Waals surface area (Å²) in [6.45, 7) is 6.47.